The maximum atomic E-state index is 13.0. The fourth-order valence-electron chi connectivity index (χ4n) is 3.60. The summed E-state index contributed by atoms with van der Waals surface area (Å²) in [4.78, 5) is 39.1. The Hall–Kier alpha value is -3.02. The van der Waals surface area contributed by atoms with Gasteiger partial charge in [0, 0.05) is 0 Å². The van der Waals surface area contributed by atoms with E-state index in [1.54, 1.807) is 36.4 Å². The van der Waals surface area contributed by atoms with Gasteiger partial charge in [0.1, 0.15) is 13.2 Å². The lowest BCUT2D eigenvalue weighted by molar-refractivity contribution is -0.127. The van der Waals surface area contributed by atoms with Gasteiger partial charge in [-0.25, -0.2) is 0 Å². The number of ether oxygens (including phenoxy) is 2. The van der Waals surface area contributed by atoms with E-state index in [0.29, 0.717) is 41.0 Å². The van der Waals surface area contributed by atoms with E-state index in [4.69, 9.17) is 21.1 Å². The van der Waals surface area contributed by atoms with Crippen molar-refractivity contribution >= 4 is 74.8 Å². The van der Waals surface area contributed by atoms with Crippen molar-refractivity contribution in [3.05, 3.63) is 90.9 Å². The van der Waals surface area contributed by atoms with Gasteiger partial charge in [-0.15, -0.1) is 0 Å². The molecule has 0 bridgehead atoms. The number of hydrogen-bond donors (Lipinski definition) is 1. The predicted molar refractivity (Wildman–Crippen MR) is 159 cm³/mol. The molecule has 0 radical (unpaired) electrons. The van der Waals surface area contributed by atoms with Crippen molar-refractivity contribution in [3.8, 4) is 11.5 Å². The largest absolute Gasteiger partial charge is 0.490 e. The Balaban J connectivity index is 1.49. The van der Waals surface area contributed by atoms with Crippen LogP contribution in [0.2, 0.25) is 5.02 Å². The van der Waals surface area contributed by atoms with Gasteiger partial charge in [-0.2, -0.15) is 0 Å². The van der Waals surface area contributed by atoms with Crippen molar-refractivity contribution < 1.29 is 23.9 Å². The van der Waals surface area contributed by atoms with Crippen LogP contribution < -0.4 is 14.8 Å². The number of aryl methyl sites for hydroxylation is 1. The van der Waals surface area contributed by atoms with Crippen LogP contribution in [0.1, 0.15) is 23.6 Å². The highest BCUT2D eigenvalue weighted by Gasteiger charge is 2.36. The van der Waals surface area contributed by atoms with Gasteiger partial charge in [0.2, 0.25) is 5.91 Å². The number of carbonyl (C=O) groups excluding carboxylic acids is 3. The second kappa shape index (κ2) is 12.7. The molecule has 196 valence electrons. The van der Waals surface area contributed by atoms with Crippen LogP contribution in [0.25, 0.3) is 6.08 Å². The molecule has 1 aliphatic rings. The summed E-state index contributed by atoms with van der Waals surface area (Å²) < 4.78 is 12.7. The highest BCUT2D eigenvalue weighted by atomic mass is 127. The quantitative estimate of drug-likeness (QED) is 0.198. The number of amides is 3. The molecule has 4 rings (SSSR count). The molecule has 0 saturated carbocycles. The number of halogens is 2. The highest BCUT2D eigenvalue weighted by molar-refractivity contribution is 14.1. The van der Waals surface area contributed by atoms with Gasteiger partial charge >= 0.3 is 0 Å². The molecule has 0 aromatic heterocycles. The summed E-state index contributed by atoms with van der Waals surface area (Å²) in [5.41, 5.74) is 3.29. The first kappa shape index (κ1) is 28.0. The van der Waals surface area contributed by atoms with Gasteiger partial charge in [0.25, 0.3) is 11.1 Å². The van der Waals surface area contributed by atoms with Crippen molar-refractivity contribution in [1.82, 2.24) is 4.90 Å². The Kier molecular flexibility index (Phi) is 9.35. The molecule has 7 nitrogen and oxygen atoms in total. The second-order valence-electron chi connectivity index (χ2n) is 8.33. The number of anilines is 1. The molecule has 0 spiro atoms. The van der Waals surface area contributed by atoms with Crippen LogP contribution in [-0.2, 0) is 16.2 Å². The van der Waals surface area contributed by atoms with Gasteiger partial charge < -0.3 is 14.8 Å². The van der Waals surface area contributed by atoms with E-state index in [2.05, 4.69) is 27.9 Å². The molecule has 0 unspecified atom stereocenters. The standard InChI is InChI=1S/C28H24ClIN2O5S/c1-3-36-23-13-19(12-21(30)26(23)37-16-18-10-8-17(2)9-11-18)14-24-27(34)32(28(35)38-24)15-25(33)31-22-7-5-4-6-20(22)29/h4-14H,3,15-16H2,1-2H3,(H,31,33)/b24-14+. The third kappa shape index (κ3) is 6.89. The van der Waals surface area contributed by atoms with Crippen molar-refractivity contribution in [2.45, 2.75) is 20.5 Å². The number of benzene rings is 3. The molecule has 1 saturated heterocycles. The van der Waals surface area contributed by atoms with E-state index in [1.807, 2.05) is 44.2 Å². The van der Waals surface area contributed by atoms with Crippen molar-refractivity contribution in [2.75, 3.05) is 18.5 Å². The monoisotopic (exact) mass is 662 g/mol. The van der Waals surface area contributed by atoms with Gasteiger partial charge in [-0.1, -0.05) is 53.6 Å². The van der Waals surface area contributed by atoms with E-state index in [-0.39, 0.29) is 4.91 Å². The third-order valence-electron chi connectivity index (χ3n) is 5.46. The fraction of sp³-hybridized carbons (Fsp3) is 0.179. The van der Waals surface area contributed by atoms with Crippen LogP contribution in [0.15, 0.2) is 65.6 Å². The minimum atomic E-state index is -0.540. The number of thioether (sulfide) groups is 1. The van der Waals surface area contributed by atoms with Gasteiger partial charge in [-0.05, 0) is 89.7 Å². The number of rotatable bonds is 9. The van der Waals surface area contributed by atoms with Crippen LogP contribution in [0.5, 0.6) is 11.5 Å². The number of imide groups is 1. The summed E-state index contributed by atoms with van der Waals surface area (Å²) in [7, 11) is 0. The molecule has 0 aliphatic carbocycles. The maximum absolute atomic E-state index is 13.0. The van der Waals surface area contributed by atoms with Crippen LogP contribution >= 0.6 is 46.0 Å². The first-order chi connectivity index (χ1) is 18.2. The molecule has 3 aromatic rings. The van der Waals surface area contributed by atoms with Crippen molar-refractivity contribution in [1.29, 1.82) is 0 Å². The van der Waals surface area contributed by atoms with Gasteiger partial charge in [-0.3, -0.25) is 19.3 Å². The van der Waals surface area contributed by atoms with E-state index < -0.39 is 23.6 Å². The van der Waals surface area contributed by atoms with E-state index >= 15 is 0 Å². The average molecular weight is 663 g/mol. The molecule has 38 heavy (non-hydrogen) atoms. The second-order valence-corrected chi connectivity index (χ2v) is 10.9. The lowest BCUT2D eigenvalue weighted by atomic mass is 10.1. The zero-order valence-corrected chi connectivity index (χ0v) is 24.4. The van der Waals surface area contributed by atoms with Crippen LogP contribution in [0, 0.1) is 10.5 Å². The number of para-hydroxylation sites is 1. The maximum Gasteiger partial charge on any atom is 0.294 e. The predicted octanol–water partition coefficient (Wildman–Crippen LogP) is 6.91. The summed E-state index contributed by atoms with van der Waals surface area (Å²) in [6.45, 7) is 4.30. The molecule has 1 N–H and O–H groups in total. The topological polar surface area (TPSA) is 84.9 Å². The summed E-state index contributed by atoms with van der Waals surface area (Å²) in [5, 5.41) is 2.47. The Morgan fingerprint density at radius 2 is 1.84 bits per heavy atom. The minimum absolute atomic E-state index is 0.215. The molecule has 0 atom stereocenters. The van der Waals surface area contributed by atoms with Crippen LogP contribution in [0.4, 0.5) is 10.5 Å². The zero-order chi connectivity index (χ0) is 27.2. The Morgan fingerprint density at radius 3 is 2.55 bits per heavy atom. The first-order valence-electron chi connectivity index (χ1n) is 11.7. The number of nitrogens with zero attached hydrogens (tertiary/aromatic N) is 1. The van der Waals surface area contributed by atoms with E-state index in [9.17, 15) is 14.4 Å². The number of nitrogens with one attached hydrogen (secondary N) is 1. The van der Waals surface area contributed by atoms with E-state index in [0.717, 1.165) is 25.8 Å². The smallest absolute Gasteiger partial charge is 0.294 e. The average Bonchev–Trinajstić information content (AvgIpc) is 3.13. The highest BCUT2D eigenvalue weighted by Crippen LogP contribution is 2.38. The van der Waals surface area contributed by atoms with Crippen molar-refractivity contribution in [2.24, 2.45) is 0 Å². The normalized spacial score (nSPS) is 14.2. The lowest BCUT2D eigenvalue weighted by Crippen LogP contribution is -2.36. The lowest BCUT2D eigenvalue weighted by Gasteiger charge is -2.15. The SMILES string of the molecule is CCOc1cc(/C=C2/SC(=O)N(CC(=O)Nc3ccccc3Cl)C2=O)cc(I)c1OCc1ccc(C)cc1. The number of hydrogen-bond acceptors (Lipinski definition) is 6. The van der Waals surface area contributed by atoms with Crippen molar-refractivity contribution in [3.63, 3.8) is 0 Å². The number of carbonyl (C=O) groups is 3. The molecule has 1 aliphatic heterocycles. The Labute approximate surface area is 243 Å². The summed E-state index contributed by atoms with van der Waals surface area (Å²) in [5.74, 6) is 0.0810. The minimum Gasteiger partial charge on any atom is -0.490 e. The first-order valence-corrected chi connectivity index (χ1v) is 14.0. The fourth-order valence-corrected chi connectivity index (χ4v) is 5.40. The van der Waals surface area contributed by atoms with Crippen LogP contribution in [0.3, 0.4) is 0 Å². The van der Waals surface area contributed by atoms with Gasteiger partial charge in [0.05, 0.1) is 25.8 Å². The molecule has 1 fully saturated rings. The van der Waals surface area contributed by atoms with E-state index in [1.165, 1.54) is 5.56 Å². The van der Waals surface area contributed by atoms with Crippen LogP contribution in [-0.4, -0.2) is 35.1 Å². The third-order valence-corrected chi connectivity index (χ3v) is 7.49. The Morgan fingerprint density at radius 1 is 1.11 bits per heavy atom. The molecule has 3 amide bonds. The zero-order valence-electron chi connectivity index (χ0n) is 20.6. The Bertz CT molecular complexity index is 1410. The summed E-state index contributed by atoms with van der Waals surface area (Å²) in [6.07, 6.45) is 1.62. The van der Waals surface area contributed by atoms with Gasteiger partial charge in [0.15, 0.2) is 11.5 Å². The molecule has 10 heteroatoms. The summed E-state index contributed by atoms with van der Waals surface area (Å²) >= 11 is 9.02. The molecule has 3 aromatic carbocycles. The molecular weight excluding hydrogens is 639 g/mol. The molecule has 1 heterocycles. The molecular formula is C28H24ClIN2O5S. The summed E-state index contributed by atoms with van der Waals surface area (Å²) in [6, 6.07) is 18.5.